The molecule has 0 aromatic carbocycles. The molecule has 2 nitrogen and oxygen atoms in total. The molecule has 0 aliphatic carbocycles. The Balaban J connectivity index is 2.33. The van der Waals surface area contributed by atoms with E-state index in [-0.39, 0.29) is 5.60 Å². The summed E-state index contributed by atoms with van der Waals surface area (Å²) in [6.07, 6.45) is 0.145. The van der Waals surface area contributed by atoms with E-state index in [2.05, 4.69) is 0 Å². The van der Waals surface area contributed by atoms with Crippen LogP contribution in [0, 0.1) is 0 Å². The highest BCUT2D eigenvalue weighted by Gasteiger charge is 2.14. The number of hydrogen-bond acceptors (Lipinski definition) is 3. The summed E-state index contributed by atoms with van der Waals surface area (Å²) >= 11 is 7.30. The summed E-state index contributed by atoms with van der Waals surface area (Å²) in [5.41, 5.74) is -0.200. The average Bonchev–Trinajstić information content (AvgIpc) is 2.47. The zero-order chi connectivity index (χ0) is 11.5. The first-order chi connectivity index (χ1) is 6.87. The molecule has 0 saturated carbocycles. The maximum Gasteiger partial charge on any atom is 0.0931 e. The minimum atomic E-state index is -0.459. The van der Waals surface area contributed by atoms with E-state index in [9.17, 15) is 5.11 Å². The molecule has 1 rings (SSSR count). The smallest absolute Gasteiger partial charge is 0.0931 e. The average molecular weight is 249 g/mol. The molecule has 0 amide bonds. The van der Waals surface area contributed by atoms with E-state index in [1.165, 1.54) is 11.3 Å². The minimum Gasteiger partial charge on any atom is -0.390 e. The van der Waals surface area contributed by atoms with E-state index in [0.29, 0.717) is 13.0 Å². The van der Waals surface area contributed by atoms with Crippen molar-refractivity contribution in [2.45, 2.75) is 38.9 Å². The molecular weight excluding hydrogens is 232 g/mol. The minimum absolute atomic E-state index is 0.200. The van der Waals surface area contributed by atoms with Crippen molar-refractivity contribution < 1.29 is 9.84 Å². The maximum absolute atomic E-state index is 9.71. The van der Waals surface area contributed by atoms with E-state index in [1.807, 2.05) is 32.9 Å². The Kier molecular flexibility index (Phi) is 4.59. The van der Waals surface area contributed by atoms with Gasteiger partial charge in [0.15, 0.2) is 0 Å². The van der Waals surface area contributed by atoms with Crippen LogP contribution in [0.25, 0.3) is 0 Å². The van der Waals surface area contributed by atoms with E-state index in [1.54, 1.807) is 0 Å². The molecule has 15 heavy (non-hydrogen) atoms. The number of rotatable bonds is 4. The topological polar surface area (TPSA) is 29.5 Å². The Morgan fingerprint density at radius 2 is 2.13 bits per heavy atom. The second kappa shape index (κ2) is 5.30. The summed E-state index contributed by atoms with van der Waals surface area (Å²) in [5.74, 6) is 0. The highest BCUT2D eigenvalue weighted by atomic mass is 35.5. The highest BCUT2D eigenvalue weighted by Crippen LogP contribution is 2.22. The fourth-order valence-corrected chi connectivity index (χ4v) is 2.26. The van der Waals surface area contributed by atoms with Crippen LogP contribution in [0.2, 0.25) is 4.34 Å². The number of halogens is 1. The van der Waals surface area contributed by atoms with Gasteiger partial charge in [0.2, 0.25) is 0 Å². The molecule has 0 aliphatic rings. The highest BCUT2D eigenvalue weighted by molar-refractivity contribution is 7.16. The van der Waals surface area contributed by atoms with Gasteiger partial charge in [0.05, 0.1) is 22.6 Å². The quantitative estimate of drug-likeness (QED) is 0.887. The SMILES string of the molecule is CC(C)(C)OCC(O)Cc1ccc(Cl)s1. The number of ether oxygens (including phenoxy) is 1. The van der Waals surface area contributed by atoms with Crippen LogP contribution in [0.3, 0.4) is 0 Å². The maximum atomic E-state index is 9.71. The van der Waals surface area contributed by atoms with E-state index >= 15 is 0 Å². The Morgan fingerprint density at radius 1 is 1.47 bits per heavy atom. The van der Waals surface area contributed by atoms with Gasteiger partial charge in [-0.1, -0.05) is 11.6 Å². The van der Waals surface area contributed by atoms with Crippen molar-refractivity contribution >= 4 is 22.9 Å². The first-order valence-electron chi connectivity index (χ1n) is 4.93. The van der Waals surface area contributed by atoms with Crippen LogP contribution in [0.1, 0.15) is 25.6 Å². The van der Waals surface area contributed by atoms with E-state index < -0.39 is 6.10 Å². The predicted molar refractivity (Wildman–Crippen MR) is 64.7 cm³/mol. The number of aliphatic hydroxyl groups excluding tert-OH is 1. The number of thiophene rings is 1. The van der Waals surface area contributed by atoms with Crippen molar-refractivity contribution in [3.8, 4) is 0 Å². The van der Waals surface area contributed by atoms with Crippen LogP contribution in [0.5, 0.6) is 0 Å². The summed E-state index contributed by atoms with van der Waals surface area (Å²) in [4.78, 5) is 1.09. The molecule has 0 radical (unpaired) electrons. The molecule has 1 N–H and O–H groups in total. The molecule has 4 heteroatoms. The molecule has 1 unspecified atom stereocenters. The number of aliphatic hydroxyl groups is 1. The first kappa shape index (κ1) is 13.0. The number of hydrogen-bond donors (Lipinski definition) is 1. The largest absolute Gasteiger partial charge is 0.390 e. The summed E-state index contributed by atoms with van der Waals surface area (Å²) in [6, 6.07) is 3.78. The zero-order valence-corrected chi connectivity index (χ0v) is 10.9. The Morgan fingerprint density at radius 3 is 2.60 bits per heavy atom. The molecule has 1 aromatic rings. The fourth-order valence-electron chi connectivity index (χ4n) is 1.10. The monoisotopic (exact) mass is 248 g/mol. The molecule has 1 heterocycles. The van der Waals surface area contributed by atoms with Crippen LogP contribution in [0.15, 0.2) is 12.1 Å². The Hall–Kier alpha value is -0.0900. The lowest BCUT2D eigenvalue weighted by Crippen LogP contribution is -2.27. The third-order valence-corrected chi connectivity index (χ3v) is 3.03. The van der Waals surface area contributed by atoms with Gasteiger partial charge < -0.3 is 9.84 Å². The molecule has 0 bridgehead atoms. The molecule has 1 aromatic heterocycles. The lowest BCUT2D eigenvalue weighted by molar-refractivity contribution is -0.0480. The van der Waals surface area contributed by atoms with Gasteiger partial charge in [0.25, 0.3) is 0 Å². The summed E-state index contributed by atoms with van der Waals surface area (Å²) < 4.78 is 6.25. The third kappa shape index (κ3) is 5.52. The molecule has 0 saturated heterocycles. The van der Waals surface area contributed by atoms with Gasteiger partial charge in [0.1, 0.15) is 0 Å². The third-order valence-electron chi connectivity index (χ3n) is 1.77. The second-order valence-electron chi connectivity index (χ2n) is 4.49. The van der Waals surface area contributed by atoms with Crippen molar-refractivity contribution in [2.75, 3.05) is 6.61 Å². The Bertz CT molecular complexity index is 304. The molecule has 0 spiro atoms. The predicted octanol–water partition coefficient (Wildman–Crippen LogP) is 3.12. The second-order valence-corrected chi connectivity index (χ2v) is 6.29. The fraction of sp³-hybridized carbons (Fsp3) is 0.636. The summed E-state index contributed by atoms with van der Waals surface area (Å²) in [7, 11) is 0. The molecular formula is C11H17ClO2S. The van der Waals surface area contributed by atoms with Gasteiger partial charge in [-0.25, -0.2) is 0 Å². The lowest BCUT2D eigenvalue weighted by Gasteiger charge is -2.21. The van der Waals surface area contributed by atoms with Crippen LogP contribution < -0.4 is 0 Å². The summed E-state index contributed by atoms with van der Waals surface area (Å²) in [6.45, 7) is 6.28. The van der Waals surface area contributed by atoms with Crippen LogP contribution in [-0.4, -0.2) is 23.4 Å². The van der Waals surface area contributed by atoms with Crippen molar-refractivity contribution in [1.29, 1.82) is 0 Å². The molecule has 86 valence electrons. The van der Waals surface area contributed by atoms with Gasteiger partial charge in [-0.3, -0.25) is 0 Å². The molecule has 1 atom stereocenters. The van der Waals surface area contributed by atoms with Crippen LogP contribution in [-0.2, 0) is 11.2 Å². The standard InChI is InChI=1S/C11H17ClO2S/c1-11(2,3)14-7-8(13)6-9-4-5-10(12)15-9/h4-5,8,13H,6-7H2,1-3H3. The summed E-state index contributed by atoms with van der Waals surface area (Å²) in [5, 5.41) is 9.71. The molecule has 0 fully saturated rings. The lowest BCUT2D eigenvalue weighted by atomic mass is 10.2. The first-order valence-corrected chi connectivity index (χ1v) is 6.12. The zero-order valence-electron chi connectivity index (χ0n) is 9.29. The normalized spacial score (nSPS) is 14.2. The van der Waals surface area contributed by atoms with Gasteiger partial charge >= 0.3 is 0 Å². The van der Waals surface area contributed by atoms with Crippen LogP contribution in [0.4, 0.5) is 0 Å². The van der Waals surface area contributed by atoms with Crippen molar-refractivity contribution in [1.82, 2.24) is 0 Å². The van der Waals surface area contributed by atoms with Gasteiger partial charge in [-0.05, 0) is 32.9 Å². The van der Waals surface area contributed by atoms with E-state index in [4.69, 9.17) is 16.3 Å². The van der Waals surface area contributed by atoms with Crippen molar-refractivity contribution in [2.24, 2.45) is 0 Å². The van der Waals surface area contributed by atoms with Crippen molar-refractivity contribution in [3.05, 3.63) is 21.3 Å². The van der Waals surface area contributed by atoms with Gasteiger partial charge in [-0.15, -0.1) is 11.3 Å². The van der Waals surface area contributed by atoms with Crippen LogP contribution >= 0.6 is 22.9 Å². The van der Waals surface area contributed by atoms with Crippen molar-refractivity contribution in [3.63, 3.8) is 0 Å². The van der Waals surface area contributed by atoms with Gasteiger partial charge in [-0.2, -0.15) is 0 Å². The van der Waals surface area contributed by atoms with E-state index in [0.717, 1.165) is 9.21 Å². The Labute approximate surface area is 99.8 Å². The molecule has 0 aliphatic heterocycles. The van der Waals surface area contributed by atoms with Gasteiger partial charge in [0, 0.05) is 11.3 Å².